The Morgan fingerprint density at radius 2 is 2.18 bits per heavy atom. The molecule has 6 nitrogen and oxygen atoms in total. The number of rotatable bonds is 7. The minimum atomic E-state index is 0.187. The number of nitrogens with zero attached hydrogens (tertiary/aromatic N) is 2. The Labute approximate surface area is 102 Å². The molecule has 6 heteroatoms. The van der Waals surface area contributed by atoms with Crippen LogP contribution in [-0.2, 0) is 4.74 Å². The smallest absolute Gasteiger partial charge is 0.242 e. The Balaban J connectivity index is 2.77. The minimum absolute atomic E-state index is 0.187. The number of ether oxygens (including phenoxy) is 2. The van der Waals surface area contributed by atoms with Crippen molar-refractivity contribution in [3.8, 4) is 5.88 Å². The van der Waals surface area contributed by atoms with Crippen LogP contribution in [0.25, 0.3) is 0 Å². The van der Waals surface area contributed by atoms with Crippen LogP contribution in [0.5, 0.6) is 5.88 Å². The first-order valence-corrected chi connectivity index (χ1v) is 5.62. The summed E-state index contributed by atoms with van der Waals surface area (Å²) in [5, 5.41) is 3.24. The van der Waals surface area contributed by atoms with Gasteiger partial charge in [0, 0.05) is 7.11 Å². The van der Waals surface area contributed by atoms with E-state index in [2.05, 4.69) is 22.2 Å². The highest BCUT2D eigenvalue weighted by Crippen LogP contribution is 2.24. The lowest BCUT2D eigenvalue weighted by Gasteiger charge is -2.19. The Morgan fingerprint density at radius 3 is 2.76 bits per heavy atom. The van der Waals surface area contributed by atoms with E-state index < -0.39 is 0 Å². The van der Waals surface area contributed by atoms with Crippen molar-refractivity contribution in [1.29, 1.82) is 0 Å². The van der Waals surface area contributed by atoms with E-state index in [0.29, 0.717) is 24.0 Å². The molecule has 17 heavy (non-hydrogen) atoms. The molecular formula is C11H20N4O2. The fourth-order valence-electron chi connectivity index (χ4n) is 1.60. The van der Waals surface area contributed by atoms with Crippen LogP contribution in [0, 0.1) is 0 Å². The minimum Gasteiger partial charge on any atom is -0.479 e. The van der Waals surface area contributed by atoms with E-state index >= 15 is 0 Å². The number of hydrogen-bond acceptors (Lipinski definition) is 6. The van der Waals surface area contributed by atoms with Gasteiger partial charge in [0.1, 0.15) is 12.0 Å². The van der Waals surface area contributed by atoms with E-state index in [1.54, 1.807) is 7.11 Å². The zero-order chi connectivity index (χ0) is 12.7. The Kier molecular flexibility index (Phi) is 5.48. The lowest BCUT2D eigenvalue weighted by atomic mass is 10.2. The zero-order valence-corrected chi connectivity index (χ0v) is 10.6. The summed E-state index contributed by atoms with van der Waals surface area (Å²) in [7, 11) is 3.20. The molecule has 1 unspecified atom stereocenters. The normalized spacial score (nSPS) is 12.2. The number of anilines is 2. The predicted molar refractivity (Wildman–Crippen MR) is 67.2 cm³/mol. The molecule has 96 valence electrons. The van der Waals surface area contributed by atoms with E-state index in [-0.39, 0.29) is 6.04 Å². The second kappa shape index (κ2) is 6.90. The molecule has 1 rings (SSSR count). The van der Waals surface area contributed by atoms with Crippen LogP contribution in [0.1, 0.15) is 19.8 Å². The van der Waals surface area contributed by atoms with Crippen LogP contribution < -0.4 is 15.8 Å². The van der Waals surface area contributed by atoms with Crippen molar-refractivity contribution in [3.05, 3.63) is 6.33 Å². The Hall–Kier alpha value is -1.56. The highest BCUT2D eigenvalue weighted by molar-refractivity contribution is 5.66. The predicted octanol–water partition coefficient (Wildman–Crippen LogP) is 1.29. The van der Waals surface area contributed by atoms with Crippen molar-refractivity contribution in [2.45, 2.75) is 25.8 Å². The summed E-state index contributed by atoms with van der Waals surface area (Å²) >= 11 is 0. The third-order valence-electron chi connectivity index (χ3n) is 2.39. The molecule has 1 aromatic rings. The van der Waals surface area contributed by atoms with Gasteiger partial charge in [0.15, 0.2) is 5.82 Å². The summed E-state index contributed by atoms with van der Waals surface area (Å²) in [5.74, 6) is 0.975. The quantitative estimate of drug-likeness (QED) is 0.747. The molecule has 0 aliphatic carbocycles. The van der Waals surface area contributed by atoms with Crippen molar-refractivity contribution < 1.29 is 9.47 Å². The van der Waals surface area contributed by atoms with E-state index in [1.165, 1.54) is 13.4 Å². The number of aromatic nitrogens is 2. The molecule has 0 radical (unpaired) electrons. The summed E-state index contributed by atoms with van der Waals surface area (Å²) in [6.45, 7) is 2.73. The van der Waals surface area contributed by atoms with Crippen molar-refractivity contribution >= 4 is 11.5 Å². The van der Waals surface area contributed by atoms with Gasteiger partial charge < -0.3 is 20.5 Å². The molecule has 0 fully saturated rings. The number of nitrogens with two attached hydrogens (primary N) is 1. The van der Waals surface area contributed by atoms with Gasteiger partial charge in [0.2, 0.25) is 5.88 Å². The van der Waals surface area contributed by atoms with Gasteiger partial charge in [-0.2, -0.15) is 4.98 Å². The van der Waals surface area contributed by atoms with Gasteiger partial charge in [-0.3, -0.25) is 0 Å². The second-order valence-electron chi connectivity index (χ2n) is 3.73. The van der Waals surface area contributed by atoms with Gasteiger partial charge in [-0.25, -0.2) is 4.98 Å². The van der Waals surface area contributed by atoms with Gasteiger partial charge in [-0.1, -0.05) is 13.3 Å². The molecule has 0 spiro atoms. The van der Waals surface area contributed by atoms with Crippen LogP contribution in [0.2, 0.25) is 0 Å². The van der Waals surface area contributed by atoms with Gasteiger partial charge in [0.25, 0.3) is 0 Å². The molecule has 1 atom stereocenters. The van der Waals surface area contributed by atoms with E-state index in [1.807, 2.05) is 0 Å². The lowest BCUT2D eigenvalue weighted by Crippen LogP contribution is -2.26. The monoisotopic (exact) mass is 240 g/mol. The molecule has 0 aliphatic rings. The van der Waals surface area contributed by atoms with Crippen LogP contribution in [0.3, 0.4) is 0 Å². The number of hydrogen-bond donors (Lipinski definition) is 2. The molecule has 0 aliphatic heterocycles. The second-order valence-corrected chi connectivity index (χ2v) is 3.73. The summed E-state index contributed by atoms with van der Waals surface area (Å²) in [4.78, 5) is 8.04. The van der Waals surface area contributed by atoms with Crippen molar-refractivity contribution in [1.82, 2.24) is 9.97 Å². The third-order valence-corrected chi connectivity index (χ3v) is 2.39. The largest absolute Gasteiger partial charge is 0.479 e. The van der Waals surface area contributed by atoms with Crippen LogP contribution in [0.15, 0.2) is 6.33 Å². The molecule has 1 aromatic heterocycles. The van der Waals surface area contributed by atoms with Crippen LogP contribution in [0.4, 0.5) is 11.5 Å². The molecule has 0 saturated carbocycles. The first-order valence-electron chi connectivity index (χ1n) is 5.62. The first-order chi connectivity index (χ1) is 8.22. The van der Waals surface area contributed by atoms with E-state index in [4.69, 9.17) is 15.2 Å². The number of methoxy groups -OCH3 is 2. The summed E-state index contributed by atoms with van der Waals surface area (Å²) in [6, 6.07) is 0.187. The zero-order valence-electron chi connectivity index (χ0n) is 10.6. The van der Waals surface area contributed by atoms with E-state index in [0.717, 1.165) is 12.8 Å². The highest BCUT2D eigenvalue weighted by atomic mass is 16.5. The van der Waals surface area contributed by atoms with Crippen LogP contribution >= 0.6 is 0 Å². The average molecular weight is 240 g/mol. The van der Waals surface area contributed by atoms with Crippen LogP contribution in [-0.4, -0.2) is 36.8 Å². The number of nitrogens with one attached hydrogen (secondary N) is 1. The molecule has 3 N–H and O–H groups in total. The molecular weight excluding hydrogens is 220 g/mol. The maximum absolute atomic E-state index is 5.88. The molecule has 0 bridgehead atoms. The van der Waals surface area contributed by atoms with Gasteiger partial charge in [0.05, 0.1) is 19.8 Å². The molecule has 0 amide bonds. The summed E-state index contributed by atoms with van der Waals surface area (Å²) in [5.41, 5.74) is 6.30. The van der Waals surface area contributed by atoms with Gasteiger partial charge in [-0.15, -0.1) is 0 Å². The maximum Gasteiger partial charge on any atom is 0.242 e. The Morgan fingerprint density at radius 1 is 1.41 bits per heavy atom. The number of nitrogen functional groups attached to an aromatic ring is 1. The van der Waals surface area contributed by atoms with Gasteiger partial charge >= 0.3 is 0 Å². The Bertz CT molecular complexity index is 340. The van der Waals surface area contributed by atoms with Crippen molar-refractivity contribution in [2.75, 3.05) is 31.9 Å². The average Bonchev–Trinajstić information content (AvgIpc) is 2.32. The maximum atomic E-state index is 5.88. The third kappa shape index (κ3) is 3.74. The molecule has 1 heterocycles. The van der Waals surface area contributed by atoms with Crippen molar-refractivity contribution in [3.63, 3.8) is 0 Å². The lowest BCUT2D eigenvalue weighted by molar-refractivity contribution is 0.182. The molecule has 0 aromatic carbocycles. The highest BCUT2D eigenvalue weighted by Gasteiger charge is 2.13. The summed E-state index contributed by atoms with van der Waals surface area (Å²) < 4.78 is 10.2. The standard InChI is InChI=1S/C11H20N4O2/c1-4-5-8(6-16-2)15-10-9(12)11(17-3)14-7-13-10/h7-8H,4-6,12H2,1-3H3,(H,13,14,15). The molecule has 0 saturated heterocycles. The fourth-order valence-corrected chi connectivity index (χ4v) is 1.60. The fraction of sp³-hybridized carbons (Fsp3) is 0.636. The van der Waals surface area contributed by atoms with Gasteiger partial charge in [-0.05, 0) is 6.42 Å². The van der Waals surface area contributed by atoms with Crippen molar-refractivity contribution in [2.24, 2.45) is 0 Å². The SMILES string of the molecule is CCCC(COC)Nc1ncnc(OC)c1N. The summed E-state index contributed by atoms with van der Waals surface area (Å²) in [6.07, 6.45) is 3.47. The van der Waals surface area contributed by atoms with E-state index in [9.17, 15) is 0 Å². The topological polar surface area (TPSA) is 82.3 Å². The first kappa shape index (κ1) is 13.5.